The summed E-state index contributed by atoms with van der Waals surface area (Å²) in [6.45, 7) is 3.34. The van der Waals surface area contributed by atoms with E-state index in [1.54, 1.807) is 0 Å². The summed E-state index contributed by atoms with van der Waals surface area (Å²) in [5.74, 6) is 0.148. The number of unbranched alkanes of at least 4 members (excludes halogenated alkanes) is 4. The number of benzene rings is 1. The molecule has 0 saturated heterocycles. The van der Waals surface area contributed by atoms with Gasteiger partial charge in [0.15, 0.2) is 0 Å². The van der Waals surface area contributed by atoms with Gasteiger partial charge in [-0.15, -0.1) is 0 Å². The molecule has 1 aromatic rings. The van der Waals surface area contributed by atoms with Crippen molar-refractivity contribution in [3.63, 3.8) is 0 Å². The number of hydrogen-bond donors (Lipinski definition) is 2. The number of amides is 1. The molecule has 0 aliphatic carbocycles. The van der Waals surface area contributed by atoms with Crippen molar-refractivity contribution in [1.82, 2.24) is 5.32 Å². The lowest BCUT2D eigenvalue weighted by Gasteiger charge is -2.06. The summed E-state index contributed by atoms with van der Waals surface area (Å²) >= 11 is 0. The van der Waals surface area contributed by atoms with E-state index >= 15 is 0 Å². The molecule has 106 valence electrons. The van der Waals surface area contributed by atoms with Gasteiger partial charge >= 0.3 is 0 Å². The molecular formula is C16H26N2O. The lowest BCUT2D eigenvalue weighted by Crippen LogP contribution is -2.22. The number of nitrogens with one attached hydrogen (secondary N) is 1. The lowest BCUT2D eigenvalue weighted by atomic mass is 10.1. The Balaban J connectivity index is 2.18. The van der Waals surface area contributed by atoms with E-state index < -0.39 is 0 Å². The summed E-state index contributed by atoms with van der Waals surface area (Å²) < 4.78 is 0. The first-order valence-corrected chi connectivity index (χ1v) is 7.31. The van der Waals surface area contributed by atoms with Crippen LogP contribution in [0.1, 0.15) is 56.6 Å². The number of nitrogens with two attached hydrogens (primary N) is 1. The van der Waals surface area contributed by atoms with E-state index in [2.05, 4.69) is 12.2 Å². The van der Waals surface area contributed by atoms with Gasteiger partial charge in [0.1, 0.15) is 0 Å². The minimum atomic E-state index is 0.148. The molecule has 0 saturated carbocycles. The van der Waals surface area contributed by atoms with Crippen molar-refractivity contribution in [1.29, 1.82) is 0 Å². The van der Waals surface area contributed by atoms with E-state index in [9.17, 15) is 4.79 Å². The van der Waals surface area contributed by atoms with Crippen molar-refractivity contribution in [3.8, 4) is 0 Å². The molecule has 0 atom stereocenters. The van der Waals surface area contributed by atoms with E-state index in [0.29, 0.717) is 19.5 Å². The molecule has 0 bridgehead atoms. The zero-order valence-electron chi connectivity index (χ0n) is 12.0. The molecule has 0 radical (unpaired) electrons. The zero-order chi connectivity index (χ0) is 13.9. The minimum Gasteiger partial charge on any atom is -0.352 e. The molecule has 1 rings (SSSR count). The Hall–Kier alpha value is -1.35. The highest BCUT2D eigenvalue weighted by molar-refractivity contribution is 5.75. The van der Waals surface area contributed by atoms with Crippen LogP contribution in [0.15, 0.2) is 24.3 Å². The quantitative estimate of drug-likeness (QED) is 0.672. The van der Waals surface area contributed by atoms with Crippen LogP contribution in [-0.4, -0.2) is 5.91 Å². The van der Waals surface area contributed by atoms with Crippen LogP contribution in [0.3, 0.4) is 0 Å². The number of hydrogen-bond acceptors (Lipinski definition) is 2. The van der Waals surface area contributed by atoms with E-state index in [1.807, 2.05) is 24.3 Å². The third-order valence-electron chi connectivity index (χ3n) is 3.22. The van der Waals surface area contributed by atoms with Crippen molar-refractivity contribution in [2.45, 2.75) is 58.5 Å². The monoisotopic (exact) mass is 262 g/mol. The standard InChI is InChI=1S/C16H26N2O/c1-2-3-4-5-6-10-16(19)18-13-15-9-7-8-14(11-15)12-17/h7-9,11H,2-6,10,12-13,17H2,1H3,(H,18,19). The number of rotatable bonds is 9. The van der Waals surface area contributed by atoms with Crippen LogP contribution in [0.25, 0.3) is 0 Å². The zero-order valence-corrected chi connectivity index (χ0v) is 12.0. The summed E-state index contributed by atoms with van der Waals surface area (Å²) in [4.78, 5) is 11.7. The van der Waals surface area contributed by atoms with Crippen LogP contribution in [0.4, 0.5) is 0 Å². The molecule has 0 heterocycles. The van der Waals surface area contributed by atoms with Gasteiger partial charge in [0.05, 0.1) is 0 Å². The fourth-order valence-electron chi connectivity index (χ4n) is 2.04. The summed E-state index contributed by atoms with van der Waals surface area (Å²) in [5.41, 5.74) is 7.81. The molecule has 3 nitrogen and oxygen atoms in total. The highest BCUT2D eigenvalue weighted by Crippen LogP contribution is 2.06. The average molecular weight is 262 g/mol. The summed E-state index contributed by atoms with van der Waals surface area (Å²) in [6, 6.07) is 8.04. The van der Waals surface area contributed by atoms with Crippen molar-refractivity contribution >= 4 is 5.91 Å². The molecular weight excluding hydrogens is 236 g/mol. The third kappa shape index (κ3) is 6.97. The second-order valence-corrected chi connectivity index (χ2v) is 4.97. The first-order chi connectivity index (χ1) is 9.26. The van der Waals surface area contributed by atoms with Crippen LogP contribution < -0.4 is 11.1 Å². The first-order valence-electron chi connectivity index (χ1n) is 7.31. The van der Waals surface area contributed by atoms with Crippen LogP contribution in [-0.2, 0) is 17.9 Å². The predicted octanol–water partition coefficient (Wildman–Crippen LogP) is 3.12. The predicted molar refractivity (Wildman–Crippen MR) is 79.6 cm³/mol. The summed E-state index contributed by atoms with van der Waals surface area (Å²) in [6.07, 6.45) is 6.54. The lowest BCUT2D eigenvalue weighted by molar-refractivity contribution is -0.121. The third-order valence-corrected chi connectivity index (χ3v) is 3.22. The molecule has 19 heavy (non-hydrogen) atoms. The Bertz CT molecular complexity index is 377. The smallest absolute Gasteiger partial charge is 0.220 e. The molecule has 0 aliphatic rings. The Morgan fingerprint density at radius 3 is 2.63 bits per heavy atom. The van der Waals surface area contributed by atoms with Gasteiger partial charge in [0.25, 0.3) is 0 Å². The fourth-order valence-corrected chi connectivity index (χ4v) is 2.04. The largest absolute Gasteiger partial charge is 0.352 e. The first kappa shape index (κ1) is 15.7. The van der Waals surface area contributed by atoms with Crippen LogP contribution in [0, 0.1) is 0 Å². The van der Waals surface area contributed by atoms with Gasteiger partial charge in [-0.25, -0.2) is 0 Å². The van der Waals surface area contributed by atoms with Gasteiger partial charge < -0.3 is 11.1 Å². The highest BCUT2D eigenvalue weighted by Gasteiger charge is 2.01. The molecule has 0 aliphatic heterocycles. The topological polar surface area (TPSA) is 55.1 Å². The Morgan fingerprint density at radius 1 is 1.16 bits per heavy atom. The van der Waals surface area contributed by atoms with Crippen LogP contribution >= 0.6 is 0 Å². The SMILES string of the molecule is CCCCCCCC(=O)NCc1cccc(CN)c1. The summed E-state index contributed by atoms with van der Waals surface area (Å²) in [7, 11) is 0. The van der Waals surface area contributed by atoms with Gasteiger partial charge in [0, 0.05) is 19.5 Å². The Labute approximate surface area is 116 Å². The average Bonchev–Trinajstić information content (AvgIpc) is 2.45. The highest BCUT2D eigenvalue weighted by atomic mass is 16.1. The normalized spacial score (nSPS) is 10.4. The second kappa shape index (κ2) is 9.56. The van der Waals surface area contributed by atoms with Gasteiger partial charge in [0.2, 0.25) is 5.91 Å². The molecule has 1 amide bonds. The van der Waals surface area contributed by atoms with E-state index in [0.717, 1.165) is 24.0 Å². The van der Waals surface area contributed by atoms with Crippen molar-refractivity contribution in [3.05, 3.63) is 35.4 Å². The number of carbonyl (C=O) groups is 1. The molecule has 3 heteroatoms. The molecule has 0 unspecified atom stereocenters. The van der Waals surface area contributed by atoms with E-state index in [1.165, 1.54) is 19.3 Å². The van der Waals surface area contributed by atoms with Crippen LogP contribution in [0.2, 0.25) is 0 Å². The Kier molecular flexibility index (Phi) is 7.91. The maximum atomic E-state index is 11.7. The molecule has 0 aromatic heterocycles. The van der Waals surface area contributed by atoms with Gasteiger partial charge in [-0.3, -0.25) is 4.79 Å². The van der Waals surface area contributed by atoms with Gasteiger partial charge in [-0.1, -0.05) is 56.9 Å². The molecule has 0 fully saturated rings. The van der Waals surface area contributed by atoms with E-state index in [4.69, 9.17) is 5.73 Å². The fraction of sp³-hybridized carbons (Fsp3) is 0.562. The van der Waals surface area contributed by atoms with Crippen molar-refractivity contribution in [2.75, 3.05) is 0 Å². The second-order valence-electron chi connectivity index (χ2n) is 4.97. The van der Waals surface area contributed by atoms with Crippen molar-refractivity contribution in [2.24, 2.45) is 5.73 Å². The van der Waals surface area contributed by atoms with Gasteiger partial charge in [-0.05, 0) is 17.5 Å². The van der Waals surface area contributed by atoms with Crippen LogP contribution in [0.5, 0.6) is 0 Å². The molecule has 3 N–H and O–H groups in total. The summed E-state index contributed by atoms with van der Waals surface area (Å²) in [5, 5.41) is 2.96. The van der Waals surface area contributed by atoms with Gasteiger partial charge in [-0.2, -0.15) is 0 Å². The maximum absolute atomic E-state index is 11.7. The number of carbonyl (C=O) groups excluding carboxylic acids is 1. The minimum absolute atomic E-state index is 0.148. The molecule has 0 spiro atoms. The maximum Gasteiger partial charge on any atom is 0.220 e. The van der Waals surface area contributed by atoms with E-state index in [-0.39, 0.29) is 5.91 Å². The Morgan fingerprint density at radius 2 is 1.89 bits per heavy atom. The molecule has 1 aromatic carbocycles. The van der Waals surface area contributed by atoms with Crippen molar-refractivity contribution < 1.29 is 4.79 Å².